The molecule has 2 aromatic carbocycles. The topological polar surface area (TPSA) is 85.3 Å². The second kappa shape index (κ2) is 12.6. The molecule has 0 unspecified atom stereocenters. The van der Waals surface area contributed by atoms with Crippen molar-refractivity contribution in [1.29, 1.82) is 0 Å². The van der Waals surface area contributed by atoms with Crippen molar-refractivity contribution in [2.24, 2.45) is 0 Å². The Balaban J connectivity index is 1.01. The maximum atomic E-state index is 7.16. The van der Waals surface area contributed by atoms with E-state index in [0.717, 1.165) is 121 Å². The van der Waals surface area contributed by atoms with Gasteiger partial charge < -0.3 is 15.5 Å². The van der Waals surface area contributed by atoms with Crippen LogP contribution in [0.4, 0.5) is 5.82 Å². The second-order valence-corrected chi connectivity index (χ2v) is 15.6. The van der Waals surface area contributed by atoms with Crippen molar-refractivity contribution in [3.05, 3.63) is 100 Å². The van der Waals surface area contributed by atoms with E-state index in [1.54, 1.807) is 6.20 Å². The second-order valence-electron chi connectivity index (χ2n) is 14.9. The van der Waals surface area contributed by atoms with Gasteiger partial charge >= 0.3 is 0 Å². The predicted molar refractivity (Wildman–Crippen MR) is 202 cm³/mol. The van der Waals surface area contributed by atoms with Crippen LogP contribution in [0.15, 0.2) is 73.3 Å². The van der Waals surface area contributed by atoms with Gasteiger partial charge in [0.05, 0.1) is 51.3 Å². The minimum absolute atomic E-state index is 0.159. The molecule has 0 amide bonds. The van der Waals surface area contributed by atoms with Crippen LogP contribution in [0, 0.1) is 6.92 Å². The zero-order valence-electron chi connectivity index (χ0n) is 29.0. The van der Waals surface area contributed by atoms with Crippen LogP contribution < -0.4 is 15.5 Å². The van der Waals surface area contributed by atoms with Crippen molar-refractivity contribution < 1.29 is 0 Å². The zero-order valence-corrected chi connectivity index (χ0v) is 30.5. The maximum Gasteiger partial charge on any atom is 0.152 e. The number of anilines is 1. The fraction of sp³-hybridized carbons (Fsp3) is 0.385. The molecule has 9 nitrogen and oxygen atoms in total. The maximum absolute atomic E-state index is 7.16. The molecule has 0 bridgehead atoms. The summed E-state index contributed by atoms with van der Waals surface area (Å²) in [6, 6.07) is 12.3. The van der Waals surface area contributed by atoms with E-state index in [1.807, 2.05) is 38.5 Å². The van der Waals surface area contributed by atoms with Crippen LogP contribution in [0.25, 0.3) is 33.6 Å². The smallest absolute Gasteiger partial charge is 0.152 e. The van der Waals surface area contributed by atoms with Crippen LogP contribution in [0.2, 0.25) is 10.2 Å². The summed E-state index contributed by atoms with van der Waals surface area (Å²) in [5, 5.41) is 8.17. The highest BCUT2D eigenvalue weighted by molar-refractivity contribution is 6.36. The molecule has 11 heteroatoms. The van der Waals surface area contributed by atoms with Crippen molar-refractivity contribution in [2.45, 2.75) is 56.8 Å². The van der Waals surface area contributed by atoms with Gasteiger partial charge in [0, 0.05) is 81.4 Å². The molecular weight excluding hydrogens is 665 g/mol. The lowest BCUT2D eigenvalue weighted by atomic mass is 9.88. The minimum Gasteiger partial charge on any atom is -0.381 e. The van der Waals surface area contributed by atoms with E-state index >= 15 is 0 Å². The van der Waals surface area contributed by atoms with E-state index in [4.69, 9.17) is 43.1 Å². The van der Waals surface area contributed by atoms with Gasteiger partial charge in [0.1, 0.15) is 0 Å². The summed E-state index contributed by atoms with van der Waals surface area (Å²) in [5.41, 5.74) is 10.7. The number of aromatic nitrogens is 4. The van der Waals surface area contributed by atoms with Gasteiger partial charge in [0.2, 0.25) is 0 Å². The molecule has 258 valence electrons. The van der Waals surface area contributed by atoms with Crippen LogP contribution in [0.3, 0.4) is 0 Å². The van der Waals surface area contributed by atoms with E-state index in [0.29, 0.717) is 22.4 Å². The molecule has 2 N–H and O–H groups in total. The highest BCUT2D eigenvalue weighted by Crippen LogP contribution is 2.41. The van der Waals surface area contributed by atoms with Crippen molar-refractivity contribution in [1.82, 2.24) is 40.4 Å². The van der Waals surface area contributed by atoms with Crippen LogP contribution in [0.1, 0.15) is 42.6 Å². The Morgan fingerprint density at radius 1 is 0.740 bits per heavy atom. The Bertz CT molecular complexity index is 2010. The van der Waals surface area contributed by atoms with Gasteiger partial charge in [-0.15, -0.1) is 0 Å². The summed E-state index contributed by atoms with van der Waals surface area (Å²) in [7, 11) is 4.05. The van der Waals surface area contributed by atoms with Crippen molar-refractivity contribution in [3.8, 4) is 33.6 Å². The summed E-state index contributed by atoms with van der Waals surface area (Å²) in [4.78, 5) is 26.4. The number of nitrogens with one attached hydrogen (secondary N) is 2. The number of likely N-dealkylation sites (tertiary alicyclic amines) is 2. The van der Waals surface area contributed by atoms with Crippen LogP contribution in [0.5, 0.6) is 0 Å². The molecule has 6 heterocycles. The molecule has 0 saturated carbocycles. The normalized spacial score (nSPS) is 19.4. The first kappa shape index (κ1) is 33.1. The number of halogens is 2. The molecule has 8 rings (SSSR count). The first-order valence-corrected chi connectivity index (χ1v) is 18.1. The number of benzene rings is 2. The molecule has 4 fully saturated rings. The Labute approximate surface area is 304 Å². The Morgan fingerprint density at radius 3 is 1.82 bits per heavy atom. The van der Waals surface area contributed by atoms with Gasteiger partial charge in [-0.1, -0.05) is 72.8 Å². The summed E-state index contributed by atoms with van der Waals surface area (Å²) in [6.07, 6.45) is 8.06. The van der Waals surface area contributed by atoms with Gasteiger partial charge in [0.15, 0.2) is 11.0 Å². The highest BCUT2D eigenvalue weighted by atomic mass is 35.5. The van der Waals surface area contributed by atoms with Gasteiger partial charge in [-0.05, 0) is 43.7 Å². The molecule has 2 spiro atoms. The molecule has 50 heavy (non-hydrogen) atoms. The predicted octanol–water partition coefficient (Wildman–Crippen LogP) is 6.85. The summed E-state index contributed by atoms with van der Waals surface area (Å²) >= 11 is 13.9. The molecule has 4 aliphatic rings. The molecule has 0 radical (unpaired) electrons. The monoisotopic (exact) mass is 707 g/mol. The van der Waals surface area contributed by atoms with E-state index < -0.39 is 0 Å². The van der Waals surface area contributed by atoms with Gasteiger partial charge in [-0.3, -0.25) is 19.8 Å². The Kier molecular flexibility index (Phi) is 8.38. The highest BCUT2D eigenvalue weighted by Gasteiger charge is 2.47. The molecule has 4 aromatic rings. The fourth-order valence-electron chi connectivity index (χ4n) is 8.30. The van der Waals surface area contributed by atoms with E-state index in [2.05, 4.69) is 63.6 Å². The largest absolute Gasteiger partial charge is 0.381 e. The van der Waals surface area contributed by atoms with Gasteiger partial charge in [-0.25, -0.2) is 9.97 Å². The lowest BCUT2D eigenvalue weighted by molar-refractivity contribution is 0.0496. The Hall–Kier alpha value is -4.02. The lowest BCUT2D eigenvalue weighted by Crippen LogP contribution is -2.65. The standard InChI is InChI=1S/C39H43Cl2N9/c1-24-12-14-38(46-24)20-49(21-38)18-33-36(41)44-32(17-42-33)30-11-7-10-29(35(30)40)27-8-6-9-28(26(27)3)31-16-43-34(37(45-31)48(4)5)19-50-22-39(23-50)15-13-25(2)47-39/h6-11,16-17,46-47H,1-2,12-15,18-23H2,3-5H3. The van der Waals surface area contributed by atoms with E-state index in [9.17, 15) is 0 Å². The zero-order chi connectivity index (χ0) is 34.8. The fourth-order valence-corrected chi connectivity index (χ4v) is 8.82. The molecule has 0 atom stereocenters. The van der Waals surface area contributed by atoms with Gasteiger partial charge in [0.25, 0.3) is 0 Å². The summed E-state index contributed by atoms with van der Waals surface area (Å²) in [5.74, 6) is 0.880. The third kappa shape index (κ3) is 6.04. The number of hydrogen-bond donors (Lipinski definition) is 2. The number of rotatable bonds is 8. The quantitative estimate of drug-likeness (QED) is 0.204. The molecule has 4 aliphatic heterocycles. The number of nitrogens with zero attached hydrogens (tertiary/aromatic N) is 7. The minimum atomic E-state index is 0.159. The third-order valence-electron chi connectivity index (χ3n) is 10.8. The first-order valence-electron chi connectivity index (χ1n) is 17.3. The van der Waals surface area contributed by atoms with Crippen molar-refractivity contribution >= 4 is 29.0 Å². The SMILES string of the molecule is C=C1CCC2(CN(Cc3ncc(-c4cccc(-c5cccc(-c6cnc(CN7CC8(CCC(=C)N8)C7)c(N(C)C)n6)c5C)c4Cl)nc3Cl)C2)N1. The number of allylic oxidation sites excluding steroid dienone is 2. The number of hydrogen-bond acceptors (Lipinski definition) is 9. The molecule has 4 saturated heterocycles. The lowest BCUT2D eigenvalue weighted by Gasteiger charge is -2.48. The summed E-state index contributed by atoms with van der Waals surface area (Å²) in [6.45, 7) is 15.7. The average molecular weight is 709 g/mol. The van der Waals surface area contributed by atoms with Crippen molar-refractivity contribution in [2.75, 3.05) is 45.2 Å². The van der Waals surface area contributed by atoms with Crippen LogP contribution in [-0.2, 0) is 13.1 Å². The summed E-state index contributed by atoms with van der Waals surface area (Å²) < 4.78 is 0. The van der Waals surface area contributed by atoms with Crippen molar-refractivity contribution in [3.63, 3.8) is 0 Å². The first-order chi connectivity index (χ1) is 24.0. The van der Waals surface area contributed by atoms with Crippen LogP contribution >= 0.6 is 23.2 Å². The molecular formula is C39H43Cl2N9. The van der Waals surface area contributed by atoms with Gasteiger partial charge in [-0.2, -0.15) is 0 Å². The third-order valence-corrected chi connectivity index (χ3v) is 11.5. The van der Waals surface area contributed by atoms with E-state index in [-0.39, 0.29) is 11.1 Å². The molecule has 0 aliphatic carbocycles. The Morgan fingerprint density at radius 2 is 1.26 bits per heavy atom. The van der Waals surface area contributed by atoms with E-state index in [1.165, 1.54) is 0 Å². The average Bonchev–Trinajstić information content (AvgIpc) is 3.65. The molecule has 2 aromatic heterocycles. The van der Waals surface area contributed by atoms with Crippen LogP contribution in [-0.4, -0.2) is 81.1 Å².